The molecule has 4 nitrogen and oxygen atoms in total. The first kappa shape index (κ1) is 14.4. The molecule has 0 bridgehead atoms. The van der Waals surface area contributed by atoms with E-state index in [4.69, 9.17) is 4.74 Å². The number of benzene rings is 1. The number of likely N-dealkylation sites (N-methyl/N-ethyl adjacent to an activating group) is 1. The molecular formula is C15H18FN3O. The topological polar surface area (TPSA) is 47.0 Å². The Balaban J connectivity index is 2.18. The van der Waals surface area contributed by atoms with Crippen molar-refractivity contribution in [1.82, 2.24) is 15.3 Å². The molecule has 1 unspecified atom stereocenters. The van der Waals surface area contributed by atoms with Crippen molar-refractivity contribution in [2.45, 2.75) is 19.4 Å². The van der Waals surface area contributed by atoms with Crippen LogP contribution in [0.3, 0.4) is 0 Å². The molecule has 0 aliphatic heterocycles. The van der Waals surface area contributed by atoms with Gasteiger partial charge in [-0.3, -0.25) is 0 Å². The molecule has 106 valence electrons. The van der Waals surface area contributed by atoms with Gasteiger partial charge in [-0.05, 0) is 36.7 Å². The van der Waals surface area contributed by atoms with Gasteiger partial charge in [0.2, 0.25) is 0 Å². The first-order valence-corrected chi connectivity index (χ1v) is 6.57. The molecule has 1 aromatic heterocycles. The van der Waals surface area contributed by atoms with E-state index in [1.807, 2.05) is 13.0 Å². The zero-order valence-electron chi connectivity index (χ0n) is 11.6. The Morgan fingerprint density at radius 3 is 2.65 bits per heavy atom. The van der Waals surface area contributed by atoms with Crippen LogP contribution in [0.4, 0.5) is 4.39 Å². The van der Waals surface area contributed by atoms with Gasteiger partial charge in [-0.25, -0.2) is 14.4 Å². The normalized spacial score (nSPS) is 12.2. The molecule has 2 rings (SSSR count). The molecule has 0 radical (unpaired) electrons. The molecule has 1 atom stereocenters. The summed E-state index contributed by atoms with van der Waals surface area (Å²) in [6.45, 7) is 2.81. The number of rotatable bonds is 6. The number of hydrogen-bond acceptors (Lipinski definition) is 4. The van der Waals surface area contributed by atoms with Gasteiger partial charge < -0.3 is 10.1 Å². The van der Waals surface area contributed by atoms with Crippen LogP contribution in [0.15, 0.2) is 36.7 Å². The molecule has 1 heterocycles. The maximum absolute atomic E-state index is 13.7. The van der Waals surface area contributed by atoms with Crippen LogP contribution in [0.2, 0.25) is 0 Å². The number of aromatic nitrogens is 2. The van der Waals surface area contributed by atoms with Crippen molar-refractivity contribution >= 4 is 0 Å². The van der Waals surface area contributed by atoms with Crippen molar-refractivity contribution in [3.05, 3.63) is 53.9 Å². The van der Waals surface area contributed by atoms with Crippen LogP contribution in [0, 0.1) is 5.82 Å². The monoisotopic (exact) mass is 275 g/mol. The van der Waals surface area contributed by atoms with Gasteiger partial charge >= 0.3 is 0 Å². The molecule has 20 heavy (non-hydrogen) atoms. The fourth-order valence-corrected chi connectivity index (χ4v) is 2.06. The standard InChI is InChI=1S/C15H18FN3O/c1-3-17-13(15-18-7-4-8-19-15)10-11-5-6-14(20-2)12(16)9-11/h4-9,13,17H,3,10H2,1-2H3. The maximum Gasteiger partial charge on any atom is 0.165 e. The zero-order chi connectivity index (χ0) is 14.4. The third-order valence-electron chi connectivity index (χ3n) is 3.00. The largest absolute Gasteiger partial charge is 0.494 e. The summed E-state index contributed by atoms with van der Waals surface area (Å²) in [5, 5.41) is 3.32. The molecule has 0 aliphatic carbocycles. The van der Waals surface area contributed by atoms with Crippen molar-refractivity contribution in [2.24, 2.45) is 0 Å². The summed E-state index contributed by atoms with van der Waals surface area (Å²) in [6, 6.07) is 6.73. The van der Waals surface area contributed by atoms with Crippen molar-refractivity contribution in [3.8, 4) is 5.75 Å². The molecule has 0 amide bonds. The van der Waals surface area contributed by atoms with E-state index in [9.17, 15) is 4.39 Å². The highest BCUT2D eigenvalue weighted by Crippen LogP contribution is 2.21. The van der Waals surface area contributed by atoms with Crippen LogP contribution in [0.5, 0.6) is 5.75 Å². The second kappa shape index (κ2) is 6.96. The minimum atomic E-state index is -0.353. The van der Waals surface area contributed by atoms with Gasteiger partial charge in [0, 0.05) is 12.4 Å². The summed E-state index contributed by atoms with van der Waals surface area (Å²) >= 11 is 0. The summed E-state index contributed by atoms with van der Waals surface area (Å²) < 4.78 is 18.6. The van der Waals surface area contributed by atoms with Gasteiger partial charge in [-0.1, -0.05) is 13.0 Å². The van der Waals surface area contributed by atoms with Crippen LogP contribution in [-0.2, 0) is 6.42 Å². The number of hydrogen-bond donors (Lipinski definition) is 1. The van der Waals surface area contributed by atoms with E-state index in [1.54, 1.807) is 24.5 Å². The first-order chi connectivity index (χ1) is 9.74. The molecule has 0 spiro atoms. The van der Waals surface area contributed by atoms with E-state index in [0.29, 0.717) is 12.2 Å². The Kier molecular flexibility index (Phi) is 5.01. The average molecular weight is 275 g/mol. The number of methoxy groups -OCH3 is 1. The van der Waals surface area contributed by atoms with Crippen molar-refractivity contribution < 1.29 is 9.13 Å². The van der Waals surface area contributed by atoms with E-state index in [-0.39, 0.29) is 17.6 Å². The predicted octanol–water partition coefficient (Wildman–Crippen LogP) is 2.52. The van der Waals surface area contributed by atoms with Crippen molar-refractivity contribution in [1.29, 1.82) is 0 Å². The smallest absolute Gasteiger partial charge is 0.165 e. The molecule has 0 aliphatic rings. The fraction of sp³-hybridized carbons (Fsp3) is 0.333. The van der Waals surface area contributed by atoms with Crippen LogP contribution in [0.1, 0.15) is 24.4 Å². The molecular weight excluding hydrogens is 257 g/mol. The second-order valence-electron chi connectivity index (χ2n) is 4.39. The van der Waals surface area contributed by atoms with Crippen molar-refractivity contribution in [2.75, 3.05) is 13.7 Å². The molecule has 2 aromatic rings. The highest BCUT2D eigenvalue weighted by Gasteiger charge is 2.14. The third kappa shape index (κ3) is 3.51. The maximum atomic E-state index is 13.7. The van der Waals surface area contributed by atoms with Crippen LogP contribution in [-0.4, -0.2) is 23.6 Å². The first-order valence-electron chi connectivity index (χ1n) is 6.57. The minimum Gasteiger partial charge on any atom is -0.494 e. The van der Waals surface area contributed by atoms with Gasteiger partial charge in [-0.2, -0.15) is 0 Å². The van der Waals surface area contributed by atoms with E-state index in [1.165, 1.54) is 13.2 Å². The zero-order valence-corrected chi connectivity index (χ0v) is 11.6. The highest BCUT2D eigenvalue weighted by molar-refractivity contribution is 5.30. The second-order valence-corrected chi connectivity index (χ2v) is 4.39. The Morgan fingerprint density at radius 1 is 1.30 bits per heavy atom. The van der Waals surface area contributed by atoms with E-state index in [0.717, 1.165) is 12.1 Å². The third-order valence-corrected chi connectivity index (χ3v) is 3.00. The van der Waals surface area contributed by atoms with Gasteiger partial charge in [-0.15, -0.1) is 0 Å². The fourth-order valence-electron chi connectivity index (χ4n) is 2.06. The Bertz CT molecular complexity index is 548. The van der Waals surface area contributed by atoms with Crippen LogP contribution >= 0.6 is 0 Å². The lowest BCUT2D eigenvalue weighted by Gasteiger charge is -2.16. The molecule has 0 saturated heterocycles. The van der Waals surface area contributed by atoms with Gasteiger partial charge in [0.1, 0.15) is 5.82 Å². The number of nitrogens with zero attached hydrogens (tertiary/aromatic N) is 2. The van der Waals surface area contributed by atoms with E-state index in [2.05, 4.69) is 15.3 Å². The lowest BCUT2D eigenvalue weighted by atomic mass is 10.0. The molecule has 0 saturated carbocycles. The lowest BCUT2D eigenvalue weighted by Crippen LogP contribution is -2.24. The minimum absolute atomic E-state index is 0.0333. The summed E-state index contributed by atoms with van der Waals surface area (Å²) in [4.78, 5) is 8.52. The van der Waals surface area contributed by atoms with Gasteiger partial charge in [0.25, 0.3) is 0 Å². The molecule has 1 aromatic carbocycles. The Morgan fingerprint density at radius 2 is 2.05 bits per heavy atom. The highest BCUT2D eigenvalue weighted by atomic mass is 19.1. The van der Waals surface area contributed by atoms with Crippen LogP contribution in [0.25, 0.3) is 0 Å². The van der Waals surface area contributed by atoms with E-state index < -0.39 is 0 Å². The number of nitrogens with one attached hydrogen (secondary N) is 1. The van der Waals surface area contributed by atoms with E-state index >= 15 is 0 Å². The molecule has 5 heteroatoms. The lowest BCUT2D eigenvalue weighted by molar-refractivity contribution is 0.386. The Hall–Kier alpha value is -2.01. The Labute approximate surface area is 118 Å². The quantitative estimate of drug-likeness (QED) is 0.880. The number of ether oxygens (including phenoxy) is 1. The summed E-state index contributed by atoms with van der Waals surface area (Å²) in [5.74, 6) is 0.615. The molecule has 0 fully saturated rings. The van der Waals surface area contributed by atoms with Gasteiger partial charge in [0.15, 0.2) is 11.6 Å². The summed E-state index contributed by atoms with van der Waals surface area (Å²) in [7, 11) is 1.46. The SMILES string of the molecule is CCNC(Cc1ccc(OC)c(F)c1)c1ncccn1. The van der Waals surface area contributed by atoms with Gasteiger partial charge in [0.05, 0.1) is 13.2 Å². The summed E-state index contributed by atoms with van der Waals surface area (Å²) in [5.41, 5.74) is 0.877. The molecule has 1 N–H and O–H groups in total. The average Bonchev–Trinajstić information content (AvgIpc) is 2.48. The summed E-state index contributed by atoms with van der Waals surface area (Å²) in [6.07, 6.45) is 4.04. The number of halogens is 1. The van der Waals surface area contributed by atoms with Crippen molar-refractivity contribution in [3.63, 3.8) is 0 Å². The van der Waals surface area contributed by atoms with Crippen LogP contribution < -0.4 is 10.1 Å². The predicted molar refractivity (Wildman–Crippen MR) is 75.1 cm³/mol.